The van der Waals surface area contributed by atoms with E-state index in [0.29, 0.717) is 5.75 Å². The van der Waals surface area contributed by atoms with Crippen LogP contribution in [-0.2, 0) is 10.1 Å². The summed E-state index contributed by atoms with van der Waals surface area (Å²) >= 11 is 0. The van der Waals surface area contributed by atoms with Crippen LogP contribution in [-0.4, -0.2) is 25.3 Å². The van der Waals surface area contributed by atoms with Crippen LogP contribution in [0.4, 0.5) is 0 Å². The summed E-state index contributed by atoms with van der Waals surface area (Å²) in [6.07, 6.45) is 1.69. The predicted molar refractivity (Wildman–Crippen MR) is 56.6 cm³/mol. The zero-order valence-electron chi connectivity index (χ0n) is 8.05. The Hall–Kier alpha value is -1.33. The third-order valence-electron chi connectivity index (χ3n) is 1.72. The van der Waals surface area contributed by atoms with Gasteiger partial charge < -0.3 is 9.29 Å². The van der Waals surface area contributed by atoms with Gasteiger partial charge in [0.15, 0.2) is 0 Å². The van der Waals surface area contributed by atoms with E-state index < -0.39 is 15.9 Å². The Bertz CT molecular complexity index is 419. The third kappa shape index (κ3) is 4.62. The summed E-state index contributed by atoms with van der Waals surface area (Å²) < 4.78 is 35.9. The zero-order valence-corrected chi connectivity index (χ0v) is 8.87. The average molecular weight is 227 g/mol. The zero-order chi connectivity index (χ0) is 11.3. The fourth-order valence-electron chi connectivity index (χ4n) is 0.962. The van der Waals surface area contributed by atoms with Gasteiger partial charge in [-0.05, 0) is 17.7 Å². The van der Waals surface area contributed by atoms with Crippen molar-refractivity contribution in [3.63, 3.8) is 0 Å². The molecule has 0 radical (unpaired) electrons. The fraction of sp³-hybridized carbons (Fsp3) is 0.200. The predicted octanol–water partition coefficient (Wildman–Crippen LogP) is 1.25. The van der Waals surface area contributed by atoms with Crippen LogP contribution in [0.2, 0.25) is 0 Å². The van der Waals surface area contributed by atoms with Crippen LogP contribution in [0.15, 0.2) is 30.8 Å². The van der Waals surface area contributed by atoms with E-state index in [1.165, 1.54) is 0 Å². The van der Waals surface area contributed by atoms with E-state index in [9.17, 15) is 13.0 Å². The Kier molecular flexibility index (Phi) is 3.88. The number of hydrogen-bond donors (Lipinski definition) is 0. The van der Waals surface area contributed by atoms with Crippen molar-refractivity contribution in [1.29, 1.82) is 0 Å². The number of hydrogen-bond acceptors (Lipinski definition) is 4. The molecule has 0 aliphatic rings. The van der Waals surface area contributed by atoms with Crippen molar-refractivity contribution in [2.24, 2.45) is 0 Å². The molecule has 0 aliphatic heterocycles. The Morgan fingerprint density at radius 2 is 1.93 bits per heavy atom. The molecule has 1 aromatic rings. The standard InChI is InChI=1S/C10H12O4S/c1-2-9-3-5-10(6-4-9)14-7-8-15(11,12)13/h2-6H,1,7-8H2,(H,11,12,13)/p-1. The van der Waals surface area contributed by atoms with Gasteiger partial charge >= 0.3 is 0 Å². The maximum atomic E-state index is 10.3. The molecule has 0 unspecified atom stereocenters. The highest BCUT2D eigenvalue weighted by atomic mass is 32.2. The van der Waals surface area contributed by atoms with E-state index in [1.807, 2.05) is 0 Å². The summed E-state index contributed by atoms with van der Waals surface area (Å²) in [4.78, 5) is 0. The SMILES string of the molecule is C=Cc1ccc(OCCS(=O)(=O)[O-])cc1. The van der Waals surface area contributed by atoms with E-state index >= 15 is 0 Å². The van der Waals surface area contributed by atoms with E-state index in [-0.39, 0.29) is 6.61 Å². The molecule has 4 nitrogen and oxygen atoms in total. The highest BCUT2D eigenvalue weighted by Gasteiger charge is 1.97. The minimum absolute atomic E-state index is 0.126. The van der Waals surface area contributed by atoms with Crippen LogP contribution in [0.3, 0.4) is 0 Å². The number of ether oxygens (including phenoxy) is 1. The van der Waals surface area contributed by atoms with E-state index in [1.54, 1.807) is 30.3 Å². The molecule has 0 saturated carbocycles. The summed E-state index contributed by atoms with van der Waals surface area (Å²) in [5, 5.41) is 0. The van der Waals surface area contributed by atoms with Crippen molar-refractivity contribution in [2.75, 3.05) is 12.4 Å². The first-order valence-electron chi connectivity index (χ1n) is 4.30. The van der Waals surface area contributed by atoms with Gasteiger partial charge in [0.2, 0.25) is 0 Å². The Morgan fingerprint density at radius 1 is 1.33 bits per heavy atom. The highest BCUT2D eigenvalue weighted by Crippen LogP contribution is 2.12. The van der Waals surface area contributed by atoms with E-state index in [2.05, 4.69) is 6.58 Å². The van der Waals surface area contributed by atoms with Crippen LogP contribution >= 0.6 is 0 Å². The Balaban J connectivity index is 2.48. The quantitative estimate of drug-likeness (QED) is 0.710. The summed E-state index contributed by atoms with van der Waals surface area (Å²) in [6.45, 7) is 3.47. The summed E-state index contributed by atoms with van der Waals surface area (Å²) in [6, 6.07) is 6.95. The second-order valence-corrected chi connectivity index (χ2v) is 4.41. The van der Waals surface area contributed by atoms with Crippen LogP contribution in [0, 0.1) is 0 Å². The van der Waals surface area contributed by atoms with Gasteiger partial charge in [0.1, 0.15) is 12.4 Å². The molecule has 15 heavy (non-hydrogen) atoms. The molecule has 0 aromatic heterocycles. The van der Waals surface area contributed by atoms with Crippen LogP contribution in [0.25, 0.3) is 6.08 Å². The van der Waals surface area contributed by atoms with Gasteiger partial charge in [0.25, 0.3) is 0 Å². The maximum Gasteiger partial charge on any atom is 0.119 e. The Morgan fingerprint density at radius 3 is 2.40 bits per heavy atom. The topological polar surface area (TPSA) is 66.4 Å². The minimum atomic E-state index is -4.20. The van der Waals surface area contributed by atoms with Gasteiger partial charge in [-0.1, -0.05) is 24.8 Å². The second-order valence-electron chi connectivity index (χ2n) is 2.88. The molecule has 82 valence electrons. The van der Waals surface area contributed by atoms with Gasteiger partial charge in [-0.2, -0.15) is 0 Å². The lowest BCUT2D eigenvalue weighted by atomic mass is 10.2. The lowest BCUT2D eigenvalue weighted by Crippen LogP contribution is -2.12. The van der Waals surface area contributed by atoms with E-state index in [4.69, 9.17) is 4.74 Å². The lowest BCUT2D eigenvalue weighted by molar-refractivity contribution is 0.334. The Labute approximate surface area is 88.9 Å². The molecule has 0 heterocycles. The van der Waals surface area contributed by atoms with Crippen molar-refractivity contribution in [3.8, 4) is 5.75 Å². The highest BCUT2D eigenvalue weighted by molar-refractivity contribution is 7.85. The molecular formula is C10H11O4S-. The minimum Gasteiger partial charge on any atom is -0.748 e. The first kappa shape index (κ1) is 11.7. The molecule has 0 spiro atoms. The molecule has 5 heteroatoms. The summed E-state index contributed by atoms with van der Waals surface area (Å²) in [7, 11) is -4.20. The molecular weight excluding hydrogens is 216 g/mol. The monoisotopic (exact) mass is 227 g/mol. The normalized spacial score (nSPS) is 11.0. The number of rotatable bonds is 5. The van der Waals surface area contributed by atoms with Crippen molar-refractivity contribution in [1.82, 2.24) is 0 Å². The molecule has 0 bridgehead atoms. The molecule has 1 aromatic carbocycles. The summed E-state index contributed by atoms with van der Waals surface area (Å²) in [5.74, 6) is 0.0141. The molecule has 0 amide bonds. The molecule has 1 rings (SSSR count). The average Bonchev–Trinajstić information content (AvgIpc) is 2.17. The molecule has 0 fully saturated rings. The van der Waals surface area contributed by atoms with Gasteiger partial charge in [0, 0.05) is 0 Å². The van der Waals surface area contributed by atoms with Gasteiger partial charge in [0.05, 0.1) is 15.9 Å². The fourth-order valence-corrected chi connectivity index (χ4v) is 1.25. The second kappa shape index (κ2) is 4.95. The number of benzene rings is 1. The molecule has 0 atom stereocenters. The largest absolute Gasteiger partial charge is 0.748 e. The first-order valence-corrected chi connectivity index (χ1v) is 5.88. The lowest BCUT2D eigenvalue weighted by Gasteiger charge is -2.08. The first-order chi connectivity index (χ1) is 7.01. The van der Waals surface area contributed by atoms with Gasteiger partial charge in [-0.3, -0.25) is 0 Å². The van der Waals surface area contributed by atoms with Crippen molar-refractivity contribution in [2.45, 2.75) is 0 Å². The molecule has 0 aliphatic carbocycles. The smallest absolute Gasteiger partial charge is 0.119 e. The van der Waals surface area contributed by atoms with Crippen molar-refractivity contribution < 1.29 is 17.7 Å². The molecule has 0 N–H and O–H groups in total. The van der Waals surface area contributed by atoms with Crippen LogP contribution in [0.1, 0.15) is 5.56 Å². The van der Waals surface area contributed by atoms with Crippen molar-refractivity contribution in [3.05, 3.63) is 36.4 Å². The van der Waals surface area contributed by atoms with Gasteiger partial charge in [-0.25, -0.2) is 8.42 Å². The molecule has 0 saturated heterocycles. The van der Waals surface area contributed by atoms with Gasteiger partial charge in [-0.15, -0.1) is 0 Å². The maximum absolute atomic E-state index is 10.3. The summed E-state index contributed by atoms with van der Waals surface area (Å²) in [5.41, 5.74) is 0.943. The van der Waals surface area contributed by atoms with Crippen molar-refractivity contribution >= 4 is 16.2 Å². The van der Waals surface area contributed by atoms with Crippen LogP contribution < -0.4 is 4.74 Å². The van der Waals surface area contributed by atoms with E-state index in [0.717, 1.165) is 5.56 Å². The van der Waals surface area contributed by atoms with Crippen LogP contribution in [0.5, 0.6) is 5.75 Å². The third-order valence-corrected chi connectivity index (χ3v) is 2.38.